The van der Waals surface area contributed by atoms with E-state index in [0.717, 1.165) is 14.8 Å². The summed E-state index contributed by atoms with van der Waals surface area (Å²) in [6.45, 7) is 1.43. The third kappa shape index (κ3) is 4.95. The maximum atomic E-state index is 12.7. The van der Waals surface area contributed by atoms with Crippen molar-refractivity contribution in [3.63, 3.8) is 0 Å². The summed E-state index contributed by atoms with van der Waals surface area (Å²) in [5, 5.41) is 2.87. The number of benzene rings is 2. The van der Waals surface area contributed by atoms with Gasteiger partial charge in [0.25, 0.3) is 5.91 Å². The number of rotatable bonds is 5. The zero-order valence-corrected chi connectivity index (χ0v) is 19.5. The normalized spacial score (nSPS) is 14.9. The van der Waals surface area contributed by atoms with Crippen LogP contribution in [0.1, 0.15) is 10.4 Å². The molecule has 0 aliphatic carbocycles. The summed E-state index contributed by atoms with van der Waals surface area (Å²) in [6.07, 6.45) is 1.73. The first-order valence-electron chi connectivity index (χ1n) is 9.65. The molecule has 0 bridgehead atoms. The van der Waals surface area contributed by atoms with Gasteiger partial charge in [-0.15, -0.1) is 0 Å². The predicted octanol–water partition coefficient (Wildman–Crippen LogP) is 3.63. The summed E-state index contributed by atoms with van der Waals surface area (Å²) in [6, 6.07) is 17.3. The van der Waals surface area contributed by atoms with Gasteiger partial charge < -0.3 is 10.1 Å². The average molecular weight is 549 g/mol. The summed E-state index contributed by atoms with van der Waals surface area (Å²) in [4.78, 5) is 17.2. The van der Waals surface area contributed by atoms with Crippen LogP contribution < -0.4 is 5.32 Å². The van der Waals surface area contributed by atoms with E-state index in [9.17, 15) is 13.2 Å². The second-order valence-electron chi connectivity index (χ2n) is 6.90. The van der Waals surface area contributed by atoms with Crippen molar-refractivity contribution in [2.24, 2.45) is 0 Å². The van der Waals surface area contributed by atoms with Crippen LogP contribution >= 0.6 is 22.6 Å². The van der Waals surface area contributed by atoms with Gasteiger partial charge in [-0.05, 0) is 77.2 Å². The van der Waals surface area contributed by atoms with Gasteiger partial charge in [-0.3, -0.25) is 9.78 Å². The van der Waals surface area contributed by atoms with Crippen molar-refractivity contribution in [2.45, 2.75) is 4.90 Å². The lowest BCUT2D eigenvalue weighted by Crippen LogP contribution is -2.40. The Hall–Kier alpha value is -2.34. The zero-order valence-electron chi connectivity index (χ0n) is 16.5. The Morgan fingerprint density at radius 1 is 1.03 bits per heavy atom. The molecule has 1 aliphatic heterocycles. The van der Waals surface area contributed by atoms with Crippen LogP contribution in [0.2, 0.25) is 0 Å². The highest BCUT2D eigenvalue weighted by molar-refractivity contribution is 14.1. The van der Waals surface area contributed by atoms with Crippen LogP contribution in [0, 0.1) is 3.57 Å². The van der Waals surface area contributed by atoms with E-state index in [1.807, 2.05) is 36.4 Å². The molecule has 1 amide bonds. The molecule has 2 aromatic carbocycles. The van der Waals surface area contributed by atoms with Crippen LogP contribution in [0.3, 0.4) is 0 Å². The molecule has 1 fully saturated rings. The van der Waals surface area contributed by atoms with Crippen molar-refractivity contribution < 1.29 is 17.9 Å². The van der Waals surface area contributed by atoms with Gasteiger partial charge in [0.2, 0.25) is 10.0 Å². The SMILES string of the molecule is O=C(Nc1ccc(I)c(-c2ccccn2)c1)c1ccc(S(=O)(=O)N2CCOCC2)cc1. The standard InChI is InChI=1S/C22H20IN3O4S/c23-20-9-6-17(15-19(20)21-3-1-2-10-24-21)25-22(27)16-4-7-18(8-5-16)31(28,29)26-11-13-30-14-12-26/h1-10,15H,11-14H2,(H,25,27). The number of ether oxygens (including phenoxy) is 1. The number of sulfonamides is 1. The van der Waals surface area contributed by atoms with Gasteiger partial charge >= 0.3 is 0 Å². The Bertz CT molecular complexity index is 1180. The van der Waals surface area contributed by atoms with Crippen molar-refractivity contribution in [3.8, 4) is 11.3 Å². The van der Waals surface area contributed by atoms with Gasteiger partial charge in [0.1, 0.15) is 0 Å². The fourth-order valence-electron chi connectivity index (χ4n) is 3.24. The predicted molar refractivity (Wildman–Crippen MR) is 126 cm³/mol. The molecule has 3 aromatic rings. The van der Waals surface area contributed by atoms with Crippen molar-refractivity contribution >= 4 is 44.2 Å². The fraction of sp³-hybridized carbons (Fsp3) is 0.182. The lowest BCUT2D eigenvalue weighted by atomic mass is 10.1. The van der Waals surface area contributed by atoms with E-state index in [2.05, 4.69) is 32.9 Å². The van der Waals surface area contributed by atoms with Crippen LogP contribution in [0.4, 0.5) is 5.69 Å². The molecule has 7 nitrogen and oxygen atoms in total. The number of nitrogens with zero attached hydrogens (tertiary/aromatic N) is 2. The first-order valence-corrected chi connectivity index (χ1v) is 12.2. The van der Waals surface area contributed by atoms with E-state index >= 15 is 0 Å². The smallest absolute Gasteiger partial charge is 0.255 e. The highest BCUT2D eigenvalue weighted by Crippen LogP contribution is 2.27. The van der Waals surface area contributed by atoms with E-state index in [-0.39, 0.29) is 10.8 Å². The minimum atomic E-state index is -3.59. The summed E-state index contributed by atoms with van der Waals surface area (Å²) in [5.74, 6) is -0.316. The molecule has 160 valence electrons. The molecule has 0 saturated carbocycles. The molecule has 1 N–H and O–H groups in total. The van der Waals surface area contributed by atoms with Crippen LogP contribution in [-0.4, -0.2) is 49.9 Å². The van der Waals surface area contributed by atoms with E-state index < -0.39 is 10.0 Å². The number of hydrogen-bond acceptors (Lipinski definition) is 5. The van der Waals surface area contributed by atoms with Crippen LogP contribution in [0.5, 0.6) is 0 Å². The summed E-state index contributed by atoms with van der Waals surface area (Å²) >= 11 is 2.23. The largest absolute Gasteiger partial charge is 0.379 e. The van der Waals surface area contributed by atoms with Gasteiger partial charge in [0.15, 0.2) is 0 Å². The lowest BCUT2D eigenvalue weighted by molar-refractivity contribution is 0.0730. The highest BCUT2D eigenvalue weighted by atomic mass is 127. The summed E-state index contributed by atoms with van der Waals surface area (Å²) in [5.41, 5.74) is 2.75. The monoisotopic (exact) mass is 549 g/mol. The molecule has 4 rings (SSSR count). The number of halogens is 1. The second-order valence-corrected chi connectivity index (χ2v) is 10.0. The van der Waals surface area contributed by atoms with E-state index in [1.165, 1.54) is 28.6 Å². The van der Waals surface area contributed by atoms with Gasteiger partial charge in [0.05, 0.1) is 23.8 Å². The molecule has 1 aromatic heterocycles. The summed E-state index contributed by atoms with van der Waals surface area (Å²) < 4.78 is 33.1. The number of carbonyl (C=O) groups excluding carboxylic acids is 1. The zero-order chi connectivity index (χ0) is 21.8. The minimum absolute atomic E-state index is 0.164. The Morgan fingerprint density at radius 2 is 1.77 bits per heavy atom. The highest BCUT2D eigenvalue weighted by Gasteiger charge is 2.26. The second kappa shape index (κ2) is 9.43. The molecule has 0 spiro atoms. The maximum Gasteiger partial charge on any atom is 0.255 e. The minimum Gasteiger partial charge on any atom is -0.379 e. The number of amides is 1. The Kier molecular flexibility index (Phi) is 6.65. The van der Waals surface area contributed by atoms with E-state index in [0.29, 0.717) is 37.6 Å². The van der Waals surface area contributed by atoms with Crippen LogP contribution in [0.25, 0.3) is 11.3 Å². The molecule has 0 radical (unpaired) electrons. The molecular formula is C22H20IN3O4S. The third-order valence-corrected chi connectivity index (χ3v) is 7.74. The number of carbonyl (C=O) groups is 1. The van der Waals surface area contributed by atoms with E-state index in [1.54, 1.807) is 6.20 Å². The number of nitrogens with one attached hydrogen (secondary N) is 1. The molecular weight excluding hydrogens is 529 g/mol. The molecule has 1 saturated heterocycles. The molecule has 31 heavy (non-hydrogen) atoms. The van der Waals surface area contributed by atoms with Crippen molar-refractivity contribution in [1.82, 2.24) is 9.29 Å². The van der Waals surface area contributed by atoms with E-state index in [4.69, 9.17) is 4.74 Å². The van der Waals surface area contributed by atoms with Gasteiger partial charge in [-0.2, -0.15) is 4.31 Å². The number of hydrogen-bond donors (Lipinski definition) is 1. The Balaban J connectivity index is 1.51. The Morgan fingerprint density at radius 3 is 2.45 bits per heavy atom. The number of pyridine rings is 1. The first kappa shape index (κ1) is 21.9. The average Bonchev–Trinajstić information content (AvgIpc) is 2.81. The van der Waals surface area contributed by atoms with Gasteiger partial charge in [-0.1, -0.05) is 6.07 Å². The number of morpholine rings is 1. The van der Waals surface area contributed by atoms with Crippen LogP contribution in [0.15, 0.2) is 71.8 Å². The number of aromatic nitrogens is 1. The van der Waals surface area contributed by atoms with Gasteiger partial charge in [0, 0.05) is 39.7 Å². The lowest BCUT2D eigenvalue weighted by Gasteiger charge is -2.26. The quantitative estimate of drug-likeness (QED) is 0.492. The van der Waals surface area contributed by atoms with Crippen LogP contribution in [-0.2, 0) is 14.8 Å². The number of anilines is 1. The van der Waals surface area contributed by atoms with Gasteiger partial charge in [-0.25, -0.2) is 8.42 Å². The van der Waals surface area contributed by atoms with Crippen molar-refractivity contribution in [3.05, 3.63) is 76.0 Å². The molecule has 9 heteroatoms. The van der Waals surface area contributed by atoms with Crippen molar-refractivity contribution in [2.75, 3.05) is 31.6 Å². The molecule has 1 aliphatic rings. The van der Waals surface area contributed by atoms with Crippen molar-refractivity contribution in [1.29, 1.82) is 0 Å². The first-order chi connectivity index (χ1) is 14.9. The Labute approximate surface area is 194 Å². The molecule has 0 atom stereocenters. The molecule has 2 heterocycles. The maximum absolute atomic E-state index is 12.7. The third-order valence-electron chi connectivity index (χ3n) is 4.89. The fourth-order valence-corrected chi connectivity index (χ4v) is 5.26. The topological polar surface area (TPSA) is 88.6 Å². The molecule has 0 unspecified atom stereocenters. The summed E-state index contributed by atoms with van der Waals surface area (Å²) in [7, 11) is -3.59.